The van der Waals surface area contributed by atoms with E-state index in [1.54, 1.807) is 10.8 Å². The van der Waals surface area contributed by atoms with Gasteiger partial charge in [-0.2, -0.15) is 5.10 Å². The van der Waals surface area contributed by atoms with Crippen molar-refractivity contribution >= 4 is 11.6 Å². The first kappa shape index (κ1) is 17.1. The summed E-state index contributed by atoms with van der Waals surface area (Å²) >= 11 is 0. The second kappa shape index (κ2) is 7.88. The first-order valence-electron chi connectivity index (χ1n) is 8.62. The molecule has 0 aliphatic carbocycles. The van der Waals surface area contributed by atoms with Crippen molar-refractivity contribution in [1.29, 1.82) is 0 Å². The summed E-state index contributed by atoms with van der Waals surface area (Å²) in [5.41, 5.74) is 5.10. The molecule has 0 saturated heterocycles. The molecule has 0 spiro atoms. The van der Waals surface area contributed by atoms with Crippen LogP contribution in [-0.4, -0.2) is 32.3 Å². The average Bonchev–Trinajstić information content (AvgIpc) is 3.08. The maximum Gasteiger partial charge on any atom is 0.220 e. The van der Waals surface area contributed by atoms with Gasteiger partial charge in [0.15, 0.2) is 5.65 Å². The predicted molar refractivity (Wildman–Crippen MR) is 96.3 cm³/mol. The number of nitrogens with zero attached hydrogens (tertiary/aromatic N) is 4. The highest BCUT2D eigenvalue weighted by Crippen LogP contribution is 2.17. The molecule has 0 atom stereocenters. The Morgan fingerprint density at radius 2 is 1.96 bits per heavy atom. The topological polar surface area (TPSA) is 72.2 Å². The van der Waals surface area contributed by atoms with Crippen molar-refractivity contribution in [2.24, 2.45) is 0 Å². The van der Waals surface area contributed by atoms with E-state index in [-0.39, 0.29) is 5.91 Å². The van der Waals surface area contributed by atoms with Crippen LogP contribution >= 0.6 is 0 Å². The number of carbonyl (C=O) groups is 1. The Morgan fingerprint density at radius 1 is 1.16 bits per heavy atom. The number of rotatable bonds is 7. The second-order valence-corrected chi connectivity index (χ2v) is 6.23. The maximum absolute atomic E-state index is 12.1. The molecular formula is C19H23N5O. The predicted octanol–water partition coefficient (Wildman–Crippen LogP) is 2.42. The van der Waals surface area contributed by atoms with Crippen LogP contribution in [0.2, 0.25) is 0 Å². The van der Waals surface area contributed by atoms with Gasteiger partial charge < -0.3 is 5.32 Å². The van der Waals surface area contributed by atoms with Gasteiger partial charge in [0, 0.05) is 18.5 Å². The molecule has 3 aromatic rings. The third-order valence-electron chi connectivity index (χ3n) is 4.42. The second-order valence-electron chi connectivity index (χ2n) is 6.23. The third-order valence-corrected chi connectivity index (χ3v) is 4.42. The molecule has 0 saturated carbocycles. The number of fused-ring (bicyclic) bond motifs is 1. The number of hydrogen-bond donors (Lipinski definition) is 1. The van der Waals surface area contributed by atoms with Gasteiger partial charge in [-0.05, 0) is 44.2 Å². The van der Waals surface area contributed by atoms with E-state index >= 15 is 0 Å². The van der Waals surface area contributed by atoms with E-state index in [2.05, 4.69) is 32.7 Å². The lowest BCUT2D eigenvalue weighted by Gasteiger charge is -2.10. The highest BCUT2D eigenvalue weighted by atomic mass is 16.1. The number of aromatic nitrogens is 4. The molecule has 0 fully saturated rings. The normalized spacial score (nSPS) is 11.0. The smallest absolute Gasteiger partial charge is 0.220 e. The summed E-state index contributed by atoms with van der Waals surface area (Å²) in [5, 5.41) is 15.4. The SMILES string of the molecule is Cc1nn2cnnc2c(C)c1CCC(=O)NCCCc1ccccc1. The Bertz CT molecular complexity index is 857. The molecule has 0 aliphatic heterocycles. The third kappa shape index (κ3) is 4.21. The van der Waals surface area contributed by atoms with Gasteiger partial charge in [-0.3, -0.25) is 4.79 Å². The maximum atomic E-state index is 12.1. The van der Waals surface area contributed by atoms with Crippen LogP contribution in [0.5, 0.6) is 0 Å². The highest BCUT2D eigenvalue weighted by molar-refractivity contribution is 5.76. The lowest BCUT2D eigenvalue weighted by Crippen LogP contribution is -2.25. The van der Waals surface area contributed by atoms with E-state index < -0.39 is 0 Å². The van der Waals surface area contributed by atoms with Crippen LogP contribution in [0.15, 0.2) is 36.7 Å². The molecule has 2 heterocycles. The fourth-order valence-corrected chi connectivity index (χ4v) is 3.04. The number of nitrogens with one attached hydrogen (secondary N) is 1. The zero-order valence-electron chi connectivity index (χ0n) is 14.7. The van der Waals surface area contributed by atoms with Crippen molar-refractivity contribution in [2.75, 3.05) is 6.54 Å². The standard InChI is InChI=1S/C19H23N5O/c1-14-17(15(2)23-24-13-21-22-19(14)24)10-11-18(25)20-12-6-9-16-7-4-3-5-8-16/h3-5,7-8,13H,6,9-12H2,1-2H3,(H,20,25). The monoisotopic (exact) mass is 337 g/mol. The van der Waals surface area contributed by atoms with E-state index in [4.69, 9.17) is 0 Å². The molecule has 1 aromatic carbocycles. The van der Waals surface area contributed by atoms with Crippen LogP contribution in [0.4, 0.5) is 0 Å². The minimum atomic E-state index is 0.0770. The van der Waals surface area contributed by atoms with E-state index in [9.17, 15) is 4.79 Å². The van der Waals surface area contributed by atoms with Gasteiger partial charge in [0.1, 0.15) is 6.33 Å². The molecule has 0 aliphatic rings. The van der Waals surface area contributed by atoms with Crippen LogP contribution in [0.25, 0.3) is 5.65 Å². The molecule has 6 nitrogen and oxygen atoms in total. The molecule has 6 heteroatoms. The Balaban J connectivity index is 1.47. The number of amides is 1. The fraction of sp³-hybridized carbons (Fsp3) is 0.368. The van der Waals surface area contributed by atoms with Gasteiger partial charge in [-0.1, -0.05) is 30.3 Å². The van der Waals surface area contributed by atoms with E-state index in [0.717, 1.165) is 35.3 Å². The summed E-state index contributed by atoms with van der Waals surface area (Å²) in [6, 6.07) is 10.3. The van der Waals surface area contributed by atoms with Crippen LogP contribution in [0.3, 0.4) is 0 Å². The first-order chi connectivity index (χ1) is 12.1. The van der Waals surface area contributed by atoms with Crippen molar-refractivity contribution in [3.8, 4) is 0 Å². The molecule has 1 N–H and O–H groups in total. The van der Waals surface area contributed by atoms with Gasteiger partial charge in [-0.15, -0.1) is 10.2 Å². The van der Waals surface area contributed by atoms with Gasteiger partial charge in [0.2, 0.25) is 5.91 Å². The minimum Gasteiger partial charge on any atom is -0.356 e. The van der Waals surface area contributed by atoms with Crippen LogP contribution in [-0.2, 0) is 17.6 Å². The summed E-state index contributed by atoms with van der Waals surface area (Å²) in [6.07, 6.45) is 4.64. The number of aryl methyl sites for hydroxylation is 3. The largest absolute Gasteiger partial charge is 0.356 e. The van der Waals surface area contributed by atoms with Gasteiger partial charge in [0.05, 0.1) is 5.69 Å². The molecule has 0 unspecified atom stereocenters. The summed E-state index contributed by atoms with van der Waals surface area (Å²) in [6.45, 7) is 4.67. The molecule has 1 amide bonds. The molecule has 0 bridgehead atoms. The van der Waals surface area contributed by atoms with Gasteiger partial charge >= 0.3 is 0 Å². The zero-order chi connectivity index (χ0) is 17.6. The summed E-state index contributed by atoms with van der Waals surface area (Å²) in [5.74, 6) is 0.0770. The average molecular weight is 337 g/mol. The highest BCUT2D eigenvalue weighted by Gasteiger charge is 2.12. The molecular weight excluding hydrogens is 314 g/mol. The van der Waals surface area contributed by atoms with Crippen LogP contribution in [0.1, 0.15) is 35.2 Å². The molecule has 0 radical (unpaired) electrons. The van der Waals surface area contributed by atoms with Crippen LogP contribution < -0.4 is 5.32 Å². The van der Waals surface area contributed by atoms with E-state index in [1.807, 2.05) is 32.0 Å². The van der Waals surface area contributed by atoms with Crippen LogP contribution in [0, 0.1) is 13.8 Å². The number of hydrogen-bond acceptors (Lipinski definition) is 4. The minimum absolute atomic E-state index is 0.0770. The lowest BCUT2D eigenvalue weighted by molar-refractivity contribution is -0.121. The Hall–Kier alpha value is -2.76. The van der Waals surface area contributed by atoms with Crippen molar-refractivity contribution in [3.63, 3.8) is 0 Å². The Labute approximate surface area is 147 Å². The first-order valence-corrected chi connectivity index (χ1v) is 8.62. The quantitative estimate of drug-likeness (QED) is 0.672. The lowest BCUT2D eigenvalue weighted by atomic mass is 10.0. The van der Waals surface area contributed by atoms with Crippen molar-refractivity contribution in [2.45, 2.75) is 39.5 Å². The summed E-state index contributed by atoms with van der Waals surface area (Å²) in [7, 11) is 0. The summed E-state index contributed by atoms with van der Waals surface area (Å²) < 4.78 is 1.68. The zero-order valence-corrected chi connectivity index (χ0v) is 14.7. The molecule has 25 heavy (non-hydrogen) atoms. The number of benzene rings is 1. The Morgan fingerprint density at radius 3 is 2.76 bits per heavy atom. The van der Waals surface area contributed by atoms with Crippen molar-refractivity contribution in [3.05, 3.63) is 59.0 Å². The van der Waals surface area contributed by atoms with E-state index in [1.165, 1.54) is 5.56 Å². The van der Waals surface area contributed by atoms with Crippen molar-refractivity contribution in [1.82, 2.24) is 25.1 Å². The molecule has 2 aromatic heterocycles. The fourth-order valence-electron chi connectivity index (χ4n) is 3.04. The Kier molecular flexibility index (Phi) is 5.38. The van der Waals surface area contributed by atoms with E-state index in [0.29, 0.717) is 19.4 Å². The van der Waals surface area contributed by atoms with Gasteiger partial charge in [0.25, 0.3) is 0 Å². The summed E-state index contributed by atoms with van der Waals surface area (Å²) in [4.78, 5) is 12.1. The molecule has 3 rings (SSSR count). The van der Waals surface area contributed by atoms with Gasteiger partial charge in [-0.25, -0.2) is 4.52 Å². The molecule has 130 valence electrons. The number of carbonyl (C=O) groups excluding carboxylic acids is 1. The van der Waals surface area contributed by atoms with Crippen molar-refractivity contribution < 1.29 is 4.79 Å².